The lowest BCUT2D eigenvalue weighted by Crippen LogP contribution is -2.32. The molecule has 0 saturated carbocycles. The maximum absolute atomic E-state index is 13.6. The summed E-state index contributed by atoms with van der Waals surface area (Å²) in [7, 11) is -4.30. The predicted molar refractivity (Wildman–Crippen MR) is 110 cm³/mol. The fraction of sp³-hybridized carbons (Fsp3) is 0.250. The molecule has 0 atom stereocenters. The third-order valence-corrected chi connectivity index (χ3v) is 7.82. The number of benzene rings is 2. The average Bonchev–Trinajstić information content (AvgIpc) is 2.99. The monoisotopic (exact) mass is 475 g/mol. The van der Waals surface area contributed by atoms with Crippen LogP contribution in [0, 0.1) is 12.7 Å². The molecule has 166 valence electrons. The predicted octanol–water partition coefficient (Wildman–Crippen LogP) is 5.58. The van der Waals surface area contributed by atoms with Crippen LogP contribution in [0.25, 0.3) is 10.1 Å². The second kappa shape index (κ2) is 8.46. The Kier molecular flexibility index (Phi) is 6.28. The van der Waals surface area contributed by atoms with Crippen LogP contribution in [0.2, 0.25) is 0 Å². The maximum Gasteiger partial charge on any atom is 0.389 e. The highest BCUT2D eigenvalue weighted by Crippen LogP contribution is 2.40. The summed E-state index contributed by atoms with van der Waals surface area (Å²) in [6, 6.07) is 8.35. The van der Waals surface area contributed by atoms with Crippen molar-refractivity contribution in [2.24, 2.45) is 0 Å². The molecular weight excluding hydrogens is 458 g/mol. The molecule has 5 nitrogen and oxygen atoms in total. The van der Waals surface area contributed by atoms with Gasteiger partial charge in [-0.3, -0.25) is 4.31 Å². The van der Waals surface area contributed by atoms with Gasteiger partial charge >= 0.3 is 12.1 Å². The van der Waals surface area contributed by atoms with E-state index in [1.54, 1.807) is 6.92 Å². The van der Waals surface area contributed by atoms with Crippen LogP contribution < -0.4 is 4.31 Å². The molecule has 1 heterocycles. The summed E-state index contributed by atoms with van der Waals surface area (Å²) in [5.41, 5.74) is 0.369. The van der Waals surface area contributed by atoms with Crippen LogP contribution in [0.5, 0.6) is 0 Å². The molecule has 3 aromatic rings. The molecule has 1 aromatic heterocycles. The van der Waals surface area contributed by atoms with Gasteiger partial charge in [-0.05, 0) is 60.7 Å². The number of carboxylic acids is 1. The van der Waals surface area contributed by atoms with Crippen LogP contribution in [0.3, 0.4) is 0 Å². The Bertz CT molecular complexity index is 1220. The van der Waals surface area contributed by atoms with Crippen molar-refractivity contribution in [1.29, 1.82) is 0 Å². The fourth-order valence-corrected chi connectivity index (χ4v) is 6.11. The summed E-state index contributed by atoms with van der Waals surface area (Å²) in [6.45, 7) is 1.17. The van der Waals surface area contributed by atoms with Crippen LogP contribution in [0.15, 0.2) is 47.4 Å². The number of carboxylic acid groups (broad SMARTS) is 1. The van der Waals surface area contributed by atoms with Crippen molar-refractivity contribution in [3.05, 3.63) is 59.4 Å². The minimum absolute atomic E-state index is 0.129. The molecule has 0 aliphatic heterocycles. The van der Waals surface area contributed by atoms with E-state index in [9.17, 15) is 30.8 Å². The van der Waals surface area contributed by atoms with Gasteiger partial charge < -0.3 is 5.11 Å². The van der Waals surface area contributed by atoms with E-state index < -0.39 is 47.4 Å². The SMILES string of the molecule is Cc1c(N(CCCC(F)(F)F)S(=O)(=O)c2ccc(C(=O)O)cc2)sc2cc(F)ccc12. The van der Waals surface area contributed by atoms with Crippen LogP contribution in [0.4, 0.5) is 22.6 Å². The number of sulfonamides is 1. The molecule has 11 heteroatoms. The number of carbonyl (C=O) groups is 1. The second-order valence-corrected chi connectivity index (χ2v) is 9.69. The van der Waals surface area contributed by atoms with E-state index in [1.807, 2.05) is 0 Å². The zero-order valence-corrected chi connectivity index (χ0v) is 17.7. The van der Waals surface area contributed by atoms with Gasteiger partial charge in [-0.25, -0.2) is 17.6 Å². The van der Waals surface area contributed by atoms with Crippen LogP contribution >= 0.6 is 11.3 Å². The molecule has 0 unspecified atom stereocenters. The van der Waals surface area contributed by atoms with Crippen molar-refractivity contribution in [3.8, 4) is 0 Å². The third-order valence-electron chi connectivity index (χ3n) is 4.61. The lowest BCUT2D eigenvalue weighted by atomic mass is 10.2. The molecule has 0 radical (unpaired) electrons. The molecule has 0 spiro atoms. The van der Waals surface area contributed by atoms with Gasteiger partial charge in [-0.2, -0.15) is 13.2 Å². The smallest absolute Gasteiger partial charge is 0.389 e. The quantitative estimate of drug-likeness (QED) is 0.453. The minimum atomic E-state index is -4.45. The molecule has 3 rings (SSSR count). The van der Waals surface area contributed by atoms with Gasteiger partial charge in [0, 0.05) is 17.7 Å². The molecule has 0 amide bonds. The van der Waals surface area contributed by atoms with E-state index in [0.29, 0.717) is 15.6 Å². The zero-order chi connectivity index (χ0) is 23.0. The van der Waals surface area contributed by atoms with Crippen molar-refractivity contribution < 1.29 is 35.9 Å². The highest BCUT2D eigenvalue weighted by molar-refractivity contribution is 7.93. The number of halogens is 4. The van der Waals surface area contributed by atoms with Gasteiger partial charge in [0.2, 0.25) is 0 Å². The number of rotatable bonds is 7. The molecule has 0 aliphatic rings. The van der Waals surface area contributed by atoms with Gasteiger partial charge in [-0.1, -0.05) is 6.07 Å². The summed E-state index contributed by atoms with van der Waals surface area (Å²) in [6.07, 6.45) is -6.09. The Morgan fingerprint density at radius 3 is 2.35 bits per heavy atom. The van der Waals surface area contributed by atoms with Crippen molar-refractivity contribution >= 4 is 42.4 Å². The molecule has 0 fully saturated rings. The van der Waals surface area contributed by atoms with Gasteiger partial charge in [0.1, 0.15) is 10.8 Å². The van der Waals surface area contributed by atoms with E-state index in [0.717, 1.165) is 39.9 Å². The number of hydrogen-bond acceptors (Lipinski definition) is 4. The van der Waals surface area contributed by atoms with E-state index in [1.165, 1.54) is 18.2 Å². The normalized spacial score (nSPS) is 12.3. The number of aryl methyl sites for hydroxylation is 1. The highest BCUT2D eigenvalue weighted by Gasteiger charge is 2.31. The molecule has 0 aliphatic carbocycles. The number of aromatic carboxylic acids is 1. The first-order valence-electron chi connectivity index (χ1n) is 9.01. The number of thiophene rings is 1. The van der Waals surface area contributed by atoms with Crippen molar-refractivity contribution in [3.63, 3.8) is 0 Å². The maximum atomic E-state index is 13.6. The number of nitrogens with zero attached hydrogens (tertiary/aromatic N) is 1. The van der Waals surface area contributed by atoms with Gasteiger partial charge in [0.25, 0.3) is 10.0 Å². The molecule has 1 N–H and O–H groups in total. The van der Waals surface area contributed by atoms with Gasteiger partial charge in [0.15, 0.2) is 0 Å². The lowest BCUT2D eigenvalue weighted by molar-refractivity contribution is -0.134. The molecular formula is C20H17F4NO4S2. The average molecular weight is 475 g/mol. The summed E-state index contributed by atoms with van der Waals surface area (Å²) in [5, 5.41) is 9.78. The largest absolute Gasteiger partial charge is 0.478 e. The molecule has 2 aromatic carbocycles. The Hall–Kier alpha value is -2.66. The van der Waals surface area contributed by atoms with Gasteiger partial charge in [0.05, 0.1) is 10.5 Å². The first-order chi connectivity index (χ1) is 14.4. The first kappa shape index (κ1) is 23.0. The lowest BCUT2D eigenvalue weighted by Gasteiger charge is -2.24. The Labute approximate surface area is 179 Å². The van der Waals surface area contributed by atoms with E-state index in [4.69, 9.17) is 5.11 Å². The topological polar surface area (TPSA) is 74.7 Å². The van der Waals surface area contributed by atoms with E-state index in [-0.39, 0.29) is 15.5 Å². The fourth-order valence-electron chi connectivity index (χ4n) is 3.07. The van der Waals surface area contributed by atoms with Crippen LogP contribution in [-0.4, -0.2) is 32.2 Å². The molecule has 0 saturated heterocycles. The van der Waals surface area contributed by atoms with Crippen molar-refractivity contribution in [2.45, 2.75) is 30.8 Å². The van der Waals surface area contributed by atoms with Crippen LogP contribution in [-0.2, 0) is 10.0 Å². The highest BCUT2D eigenvalue weighted by atomic mass is 32.2. The standard InChI is InChI=1S/C20H17F4NO4S2/c1-12-16-8-5-14(21)11-17(16)30-18(12)25(10-2-9-20(22,23)24)31(28,29)15-6-3-13(4-7-15)19(26)27/h3-8,11H,2,9-10H2,1H3,(H,26,27). The van der Waals surface area contributed by atoms with Crippen molar-refractivity contribution in [1.82, 2.24) is 0 Å². The molecule has 0 bridgehead atoms. The summed E-state index contributed by atoms with van der Waals surface area (Å²) in [4.78, 5) is 10.8. The number of alkyl halides is 3. The van der Waals surface area contributed by atoms with Crippen molar-refractivity contribution in [2.75, 3.05) is 10.8 Å². The second-order valence-electron chi connectivity index (χ2n) is 6.80. The summed E-state index contributed by atoms with van der Waals surface area (Å²) >= 11 is 0.965. The van der Waals surface area contributed by atoms with Gasteiger partial charge in [-0.15, -0.1) is 11.3 Å². The number of anilines is 1. The van der Waals surface area contributed by atoms with E-state index in [2.05, 4.69) is 0 Å². The Balaban J connectivity index is 2.07. The van der Waals surface area contributed by atoms with E-state index >= 15 is 0 Å². The Morgan fingerprint density at radius 1 is 1.13 bits per heavy atom. The van der Waals surface area contributed by atoms with Crippen LogP contribution in [0.1, 0.15) is 28.8 Å². The number of fused-ring (bicyclic) bond motifs is 1. The summed E-state index contributed by atoms with van der Waals surface area (Å²) < 4.78 is 79.6. The summed E-state index contributed by atoms with van der Waals surface area (Å²) in [5.74, 6) is -1.76. The molecule has 31 heavy (non-hydrogen) atoms. The Morgan fingerprint density at radius 2 is 1.77 bits per heavy atom. The first-order valence-corrected chi connectivity index (χ1v) is 11.3. The zero-order valence-electron chi connectivity index (χ0n) is 16.1. The third kappa shape index (κ3) is 4.99. The number of hydrogen-bond donors (Lipinski definition) is 1. The minimum Gasteiger partial charge on any atom is -0.478 e.